The summed E-state index contributed by atoms with van der Waals surface area (Å²) < 4.78 is 0. The minimum Gasteiger partial charge on any atom is -0.330 e. The maximum atomic E-state index is 5.57. The molecule has 0 fully saturated rings. The first-order valence-corrected chi connectivity index (χ1v) is 6.87. The maximum Gasteiger partial charge on any atom is 0.130 e. The third-order valence-electron chi connectivity index (χ3n) is 3.06. The summed E-state index contributed by atoms with van der Waals surface area (Å²) in [7, 11) is 0. The minimum atomic E-state index is 0.582. The third-order valence-corrected chi connectivity index (χ3v) is 3.06. The number of rotatable bonds is 5. The highest BCUT2D eigenvalue weighted by Crippen LogP contribution is 2.19. The van der Waals surface area contributed by atoms with Crippen molar-refractivity contribution in [3.8, 4) is 11.3 Å². The Hall–Kier alpha value is -1.74. The zero-order valence-corrected chi connectivity index (χ0v) is 11.7. The molecule has 0 bridgehead atoms. The van der Waals surface area contributed by atoms with Crippen LogP contribution < -0.4 is 5.73 Å². The van der Waals surface area contributed by atoms with E-state index in [1.165, 1.54) is 12.0 Å². The van der Waals surface area contributed by atoms with Gasteiger partial charge >= 0.3 is 0 Å². The van der Waals surface area contributed by atoms with Crippen LogP contribution in [0.5, 0.6) is 0 Å². The number of nitrogens with zero attached hydrogens (tertiary/aromatic N) is 2. The highest BCUT2D eigenvalue weighted by Gasteiger charge is 2.04. The zero-order valence-electron chi connectivity index (χ0n) is 11.7. The number of aryl methyl sites for hydroxylation is 2. The van der Waals surface area contributed by atoms with Crippen LogP contribution >= 0.6 is 0 Å². The van der Waals surface area contributed by atoms with E-state index in [9.17, 15) is 0 Å². The SMILES string of the molecule is CCCc1ccc(-c2cc(C)nc(CCN)n2)cc1. The molecule has 0 amide bonds. The second kappa shape index (κ2) is 6.43. The molecule has 1 aromatic heterocycles. The van der Waals surface area contributed by atoms with Crippen molar-refractivity contribution >= 4 is 0 Å². The molecule has 0 aliphatic rings. The van der Waals surface area contributed by atoms with Crippen LogP contribution in [0.1, 0.15) is 30.4 Å². The summed E-state index contributed by atoms with van der Waals surface area (Å²) in [4.78, 5) is 8.98. The molecular formula is C16H21N3. The molecule has 0 aliphatic heterocycles. The molecule has 100 valence electrons. The topological polar surface area (TPSA) is 51.8 Å². The Morgan fingerprint density at radius 2 is 1.79 bits per heavy atom. The molecule has 2 N–H and O–H groups in total. The Labute approximate surface area is 114 Å². The van der Waals surface area contributed by atoms with Crippen molar-refractivity contribution in [1.82, 2.24) is 9.97 Å². The van der Waals surface area contributed by atoms with Gasteiger partial charge in [0, 0.05) is 17.7 Å². The van der Waals surface area contributed by atoms with Crippen LogP contribution in [0.25, 0.3) is 11.3 Å². The molecule has 3 nitrogen and oxygen atoms in total. The summed E-state index contributed by atoms with van der Waals surface area (Å²) in [5, 5.41) is 0. The van der Waals surface area contributed by atoms with Gasteiger partial charge in [-0.1, -0.05) is 37.6 Å². The first-order chi connectivity index (χ1) is 9.22. The van der Waals surface area contributed by atoms with Crippen molar-refractivity contribution in [2.24, 2.45) is 5.73 Å². The highest BCUT2D eigenvalue weighted by molar-refractivity contribution is 5.59. The molecule has 0 spiro atoms. The summed E-state index contributed by atoms with van der Waals surface area (Å²) in [5.74, 6) is 0.829. The van der Waals surface area contributed by atoms with E-state index in [2.05, 4.69) is 41.2 Å². The fraction of sp³-hybridized carbons (Fsp3) is 0.375. The van der Waals surface area contributed by atoms with Crippen molar-refractivity contribution in [2.75, 3.05) is 6.54 Å². The quantitative estimate of drug-likeness (QED) is 0.893. The Morgan fingerprint density at radius 1 is 1.05 bits per heavy atom. The normalized spacial score (nSPS) is 10.7. The molecule has 0 aliphatic carbocycles. The molecule has 0 unspecified atom stereocenters. The van der Waals surface area contributed by atoms with Gasteiger partial charge in [-0.3, -0.25) is 0 Å². The molecule has 3 heteroatoms. The van der Waals surface area contributed by atoms with Crippen LogP contribution in [-0.4, -0.2) is 16.5 Å². The van der Waals surface area contributed by atoms with E-state index in [0.29, 0.717) is 6.54 Å². The largest absolute Gasteiger partial charge is 0.330 e. The van der Waals surface area contributed by atoms with Gasteiger partial charge in [0.15, 0.2) is 0 Å². The fourth-order valence-corrected chi connectivity index (χ4v) is 2.15. The van der Waals surface area contributed by atoms with Crippen molar-refractivity contribution in [2.45, 2.75) is 33.1 Å². The van der Waals surface area contributed by atoms with E-state index < -0.39 is 0 Å². The van der Waals surface area contributed by atoms with Gasteiger partial charge in [0.05, 0.1) is 5.69 Å². The Balaban J connectivity index is 2.29. The molecule has 0 atom stereocenters. The first-order valence-electron chi connectivity index (χ1n) is 6.87. The molecule has 1 aromatic carbocycles. The van der Waals surface area contributed by atoms with Crippen molar-refractivity contribution < 1.29 is 0 Å². The molecule has 2 aromatic rings. The standard InChI is InChI=1S/C16H21N3/c1-3-4-13-5-7-14(8-6-13)15-11-12(2)18-16(19-15)9-10-17/h5-8,11H,3-4,9-10,17H2,1-2H3. The smallest absolute Gasteiger partial charge is 0.130 e. The van der Waals surface area contributed by atoms with Crippen LogP contribution in [0, 0.1) is 6.92 Å². The average molecular weight is 255 g/mol. The lowest BCUT2D eigenvalue weighted by atomic mass is 10.1. The second-order valence-electron chi connectivity index (χ2n) is 4.80. The predicted octanol–water partition coefficient (Wildman–Crippen LogP) is 2.91. The maximum absolute atomic E-state index is 5.57. The summed E-state index contributed by atoms with van der Waals surface area (Å²) in [6.45, 7) is 4.77. The van der Waals surface area contributed by atoms with Crippen LogP contribution in [0.4, 0.5) is 0 Å². The van der Waals surface area contributed by atoms with Crippen LogP contribution in [-0.2, 0) is 12.8 Å². The lowest BCUT2D eigenvalue weighted by Gasteiger charge is -2.06. The molecule has 19 heavy (non-hydrogen) atoms. The Kier molecular flexibility index (Phi) is 4.63. The number of aromatic nitrogens is 2. The van der Waals surface area contributed by atoms with E-state index in [0.717, 1.165) is 35.6 Å². The van der Waals surface area contributed by atoms with Gasteiger partial charge in [0.1, 0.15) is 5.82 Å². The molecule has 0 radical (unpaired) electrons. The van der Waals surface area contributed by atoms with Crippen LogP contribution in [0.2, 0.25) is 0 Å². The lowest BCUT2D eigenvalue weighted by Crippen LogP contribution is -2.07. The van der Waals surface area contributed by atoms with Gasteiger partial charge in [-0.25, -0.2) is 9.97 Å². The van der Waals surface area contributed by atoms with E-state index in [1.54, 1.807) is 0 Å². The highest BCUT2D eigenvalue weighted by atomic mass is 14.9. The van der Waals surface area contributed by atoms with Crippen molar-refractivity contribution in [3.63, 3.8) is 0 Å². The van der Waals surface area contributed by atoms with E-state index in [4.69, 9.17) is 5.73 Å². The number of hydrogen-bond acceptors (Lipinski definition) is 3. The van der Waals surface area contributed by atoms with Crippen molar-refractivity contribution in [3.05, 3.63) is 47.4 Å². The Morgan fingerprint density at radius 3 is 2.42 bits per heavy atom. The summed E-state index contributed by atoms with van der Waals surface area (Å²) in [6, 6.07) is 10.7. The van der Waals surface area contributed by atoms with Gasteiger partial charge in [-0.05, 0) is 31.5 Å². The number of hydrogen-bond donors (Lipinski definition) is 1. The van der Waals surface area contributed by atoms with Gasteiger partial charge in [0.2, 0.25) is 0 Å². The van der Waals surface area contributed by atoms with Crippen molar-refractivity contribution in [1.29, 1.82) is 0 Å². The monoisotopic (exact) mass is 255 g/mol. The minimum absolute atomic E-state index is 0.582. The number of benzene rings is 1. The Bertz CT molecular complexity index is 532. The number of nitrogens with two attached hydrogens (primary N) is 1. The summed E-state index contributed by atoms with van der Waals surface area (Å²) in [6.07, 6.45) is 3.02. The zero-order chi connectivity index (χ0) is 13.7. The van der Waals surface area contributed by atoms with Gasteiger partial charge < -0.3 is 5.73 Å². The molecule has 2 rings (SSSR count). The fourth-order valence-electron chi connectivity index (χ4n) is 2.15. The summed E-state index contributed by atoms with van der Waals surface area (Å²) >= 11 is 0. The average Bonchev–Trinajstić information content (AvgIpc) is 2.40. The lowest BCUT2D eigenvalue weighted by molar-refractivity contribution is 0.858. The van der Waals surface area contributed by atoms with Crippen LogP contribution in [0.15, 0.2) is 30.3 Å². The summed E-state index contributed by atoms with van der Waals surface area (Å²) in [5.41, 5.74) is 10.1. The molecule has 0 saturated heterocycles. The van der Waals surface area contributed by atoms with Crippen LogP contribution in [0.3, 0.4) is 0 Å². The predicted molar refractivity (Wildman–Crippen MR) is 79.0 cm³/mol. The van der Waals surface area contributed by atoms with Gasteiger partial charge in [-0.15, -0.1) is 0 Å². The van der Waals surface area contributed by atoms with E-state index in [-0.39, 0.29) is 0 Å². The van der Waals surface area contributed by atoms with E-state index in [1.807, 2.05) is 13.0 Å². The third kappa shape index (κ3) is 3.61. The van der Waals surface area contributed by atoms with E-state index >= 15 is 0 Å². The van der Waals surface area contributed by atoms with Gasteiger partial charge in [-0.2, -0.15) is 0 Å². The molecule has 1 heterocycles. The second-order valence-corrected chi connectivity index (χ2v) is 4.80. The molecular weight excluding hydrogens is 234 g/mol. The first kappa shape index (κ1) is 13.7. The molecule has 0 saturated carbocycles. The van der Waals surface area contributed by atoms with Gasteiger partial charge in [0.25, 0.3) is 0 Å².